The third-order valence-electron chi connectivity index (χ3n) is 1.43. The van der Waals surface area contributed by atoms with E-state index in [1.165, 1.54) is 0 Å². The van der Waals surface area contributed by atoms with Gasteiger partial charge in [0.2, 0.25) is 10.0 Å². The SMILES string of the molecule is O=C(O)CS(=O)(=O)Nc1ccc(I)cc1. The Morgan fingerprint density at radius 1 is 1.33 bits per heavy atom. The lowest BCUT2D eigenvalue weighted by Gasteiger charge is -2.05. The van der Waals surface area contributed by atoms with Gasteiger partial charge in [-0.2, -0.15) is 0 Å². The number of carbonyl (C=O) groups is 1. The van der Waals surface area contributed by atoms with Crippen molar-refractivity contribution in [2.45, 2.75) is 0 Å². The highest BCUT2D eigenvalue weighted by atomic mass is 127. The van der Waals surface area contributed by atoms with Crippen LogP contribution in [0, 0.1) is 3.57 Å². The molecular weight excluding hydrogens is 333 g/mol. The highest BCUT2D eigenvalue weighted by molar-refractivity contribution is 14.1. The van der Waals surface area contributed by atoms with Crippen LogP contribution in [-0.2, 0) is 14.8 Å². The minimum absolute atomic E-state index is 0.358. The third kappa shape index (κ3) is 4.47. The van der Waals surface area contributed by atoms with E-state index in [-0.39, 0.29) is 0 Å². The number of sulfonamides is 1. The molecule has 0 aliphatic carbocycles. The molecule has 2 N–H and O–H groups in total. The van der Waals surface area contributed by atoms with Crippen molar-refractivity contribution >= 4 is 44.3 Å². The smallest absolute Gasteiger partial charge is 0.320 e. The Morgan fingerprint density at radius 2 is 1.87 bits per heavy atom. The van der Waals surface area contributed by atoms with Crippen molar-refractivity contribution in [3.05, 3.63) is 27.8 Å². The number of carboxylic acid groups (broad SMARTS) is 1. The van der Waals surface area contributed by atoms with Crippen LogP contribution in [0.5, 0.6) is 0 Å². The Hall–Kier alpha value is -0.830. The molecule has 0 spiro atoms. The molecule has 0 aliphatic rings. The first kappa shape index (κ1) is 12.2. The zero-order valence-electron chi connectivity index (χ0n) is 7.47. The molecule has 0 atom stereocenters. The number of nitrogens with one attached hydrogen (secondary N) is 1. The molecule has 0 saturated heterocycles. The van der Waals surface area contributed by atoms with Crippen LogP contribution in [0.1, 0.15) is 0 Å². The van der Waals surface area contributed by atoms with Crippen molar-refractivity contribution in [3.63, 3.8) is 0 Å². The zero-order valence-corrected chi connectivity index (χ0v) is 10.4. The van der Waals surface area contributed by atoms with Crippen molar-refractivity contribution in [1.29, 1.82) is 0 Å². The maximum Gasteiger partial charge on any atom is 0.320 e. The Bertz CT molecular complexity index is 454. The molecule has 0 unspecified atom stereocenters. The molecule has 1 aromatic carbocycles. The van der Waals surface area contributed by atoms with Gasteiger partial charge in [-0.3, -0.25) is 9.52 Å². The fourth-order valence-electron chi connectivity index (χ4n) is 0.896. The van der Waals surface area contributed by atoms with Gasteiger partial charge in [-0.25, -0.2) is 8.42 Å². The minimum atomic E-state index is -3.80. The molecule has 7 heteroatoms. The van der Waals surface area contributed by atoms with Crippen molar-refractivity contribution in [1.82, 2.24) is 0 Å². The van der Waals surface area contributed by atoms with Gasteiger partial charge in [0.15, 0.2) is 5.75 Å². The lowest BCUT2D eigenvalue weighted by molar-refractivity contribution is -0.134. The molecule has 0 aromatic heterocycles. The van der Waals surface area contributed by atoms with Crippen LogP contribution in [0.25, 0.3) is 0 Å². The number of carboxylic acids is 1. The lowest BCUT2D eigenvalue weighted by Crippen LogP contribution is -2.22. The Labute approximate surface area is 101 Å². The van der Waals surface area contributed by atoms with E-state index in [9.17, 15) is 13.2 Å². The molecular formula is C8H8INO4S. The van der Waals surface area contributed by atoms with Crippen LogP contribution >= 0.6 is 22.6 Å². The van der Waals surface area contributed by atoms with Gasteiger partial charge in [-0.1, -0.05) is 0 Å². The van der Waals surface area contributed by atoms with Crippen LogP contribution in [-0.4, -0.2) is 25.2 Å². The summed E-state index contributed by atoms with van der Waals surface area (Å²) < 4.78 is 25.5. The van der Waals surface area contributed by atoms with E-state index in [4.69, 9.17) is 5.11 Å². The van der Waals surface area contributed by atoms with Gasteiger partial charge >= 0.3 is 5.97 Å². The van der Waals surface area contributed by atoms with Crippen molar-refractivity contribution < 1.29 is 18.3 Å². The molecule has 82 valence electrons. The predicted octanol–water partition coefficient (Wildman–Crippen LogP) is 1.12. The summed E-state index contributed by atoms with van der Waals surface area (Å²) in [4.78, 5) is 10.2. The summed E-state index contributed by atoms with van der Waals surface area (Å²) in [5.41, 5.74) is 0.358. The number of hydrogen-bond donors (Lipinski definition) is 2. The van der Waals surface area contributed by atoms with Crippen LogP contribution in [0.15, 0.2) is 24.3 Å². The first-order valence-electron chi connectivity index (χ1n) is 3.87. The molecule has 1 rings (SSSR count). The van der Waals surface area contributed by atoms with E-state index in [0.29, 0.717) is 5.69 Å². The van der Waals surface area contributed by atoms with Crippen molar-refractivity contribution in [3.8, 4) is 0 Å². The van der Waals surface area contributed by atoms with Gasteiger partial charge in [0.1, 0.15) is 0 Å². The maximum atomic E-state index is 11.2. The molecule has 0 radical (unpaired) electrons. The molecule has 0 bridgehead atoms. The molecule has 0 saturated carbocycles. The minimum Gasteiger partial charge on any atom is -0.480 e. The van der Waals surface area contributed by atoms with Gasteiger partial charge in [-0.15, -0.1) is 0 Å². The van der Waals surface area contributed by atoms with E-state index in [0.717, 1.165) is 3.57 Å². The Morgan fingerprint density at radius 3 is 2.33 bits per heavy atom. The normalized spacial score (nSPS) is 11.0. The average molecular weight is 341 g/mol. The summed E-state index contributed by atoms with van der Waals surface area (Å²) >= 11 is 2.08. The number of halogens is 1. The van der Waals surface area contributed by atoms with E-state index in [2.05, 4.69) is 27.3 Å². The fraction of sp³-hybridized carbons (Fsp3) is 0.125. The van der Waals surface area contributed by atoms with Gasteiger partial charge < -0.3 is 5.11 Å². The van der Waals surface area contributed by atoms with E-state index < -0.39 is 21.7 Å². The standard InChI is InChI=1S/C8H8INO4S/c9-6-1-3-7(4-2-6)10-15(13,14)5-8(11)12/h1-4,10H,5H2,(H,11,12). The average Bonchev–Trinajstić information content (AvgIpc) is 2.06. The van der Waals surface area contributed by atoms with Crippen LogP contribution in [0.3, 0.4) is 0 Å². The molecule has 0 aliphatic heterocycles. The number of benzene rings is 1. The lowest BCUT2D eigenvalue weighted by atomic mass is 10.3. The first-order chi connectivity index (χ1) is 6.89. The number of hydrogen-bond acceptors (Lipinski definition) is 3. The maximum absolute atomic E-state index is 11.2. The summed E-state index contributed by atoms with van der Waals surface area (Å²) in [5, 5.41) is 8.35. The zero-order chi connectivity index (χ0) is 11.5. The largest absolute Gasteiger partial charge is 0.480 e. The van der Waals surface area contributed by atoms with Gasteiger partial charge in [-0.05, 0) is 46.9 Å². The fourth-order valence-corrected chi connectivity index (χ4v) is 2.15. The second-order valence-electron chi connectivity index (χ2n) is 2.76. The van der Waals surface area contributed by atoms with E-state index in [1.807, 2.05) is 0 Å². The highest BCUT2D eigenvalue weighted by Gasteiger charge is 2.14. The highest BCUT2D eigenvalue weighted by Crippen LogP contribution is 2.12. The van der Waals surface area contributed by atoms with Crippen molar-refractivity contribution in [2.24, 2.45) is 0 Å². The first-order valence-corrected chi connectivity index (χ1v) is 6.60. The number of aliphatic carboxylic acids is 1. The summed E-state index contributed by atoms with van der Waals surface area (Å²) in [6.45, 7) is 0. The molecule has 1 aromatic rings. The second kappa shape index (κ2) is 4.79. The van der Waals surface area contributed by atoms with Crippen LogP contribution < -0.4 is 4.72 Å². The molecule has 0 amide bonds. The predicted molar refractivity (Wildman–Crippen MR) is 64.2 cm³/mol. The second-order valence-corrected chi connectivity index (χ2v) is 5.73. The molecule has 0 heterocycles. The van der Waals surface area contributed by atoms with Crippen molar-refractivity contribution in [2.75, 3.05) is 10.5 Å². The summed E-state index contributed by atoms with van der Waals surface area (Å²) in [7, 11) is -3.80. The third-order valence-corrected chi connectivity index (χ3v) is 3.32. The summed E-state index contributed by atoms with van der Waals surface area (Å²) in [6.07, 6.45) is 0. The quantitative estimate of drug-likeness (QED) is 0.804. The molecule has 5 nitrogen and oxygen atoms in total. The van der Waals surface area contributed by atoms with Crippen LogP contribution in [0.4, 0.5) is 5.69 Å². The van der Waals surface area contributed by atoms with Gasteiger partial charge in [0.05, 0.1) is 0 Å². The Balaban J connectivity index is 2.78. The molecule has 0 fully saturated rings. The number of rotatable bonds is 4. The summed E-state index contributed by atoms with van der Waals surface area (Å²) in [6, 6.07) is 6.58. The number of anilines is 1. The topological polar surface area (TPSA) is 83.5 Å². The van der Waals surface area contributed by atoms with Gasteiger partial charge in [0.25, 0.3) is 0 Å². The van der Waals surface area contributed by atoms with Gasteiger partial charge in [0, 0.05) is 9.26 Å². The Kier molecular flexibility index (Phi) is 3.91. The van der Waals surface area contributed by atoms with E-state index in [1.54, 1.807) is 24.3 Å². The van der Waals surface area contributed by atoms with Crippen LogP contribution in [0.2, 0.25) is 0 Å². The van der Waals surface area contributed by atoms with E-state index >= 15 is 0 Å². The molecule has 15 heavy (non-hydrogen) atoms. The summed E-state index contributed by atoms with van der Waals surface area (Å²) in [5.74, 6) is -2.31. The monoisotopic (exact) mass is 341 g/mol.